The molecule has 2 heterocycles. The van der Waals surface area contributed by atoms with Gasteiger partial charge in [-0.25, -0.2) is 4.79 Å². The van der Waals surface area contributed by atoms with Crippen molar-refractivity contribution in [3.8, 4) is 0 Å². The topological polar surface area (TPSA) is 49.9 Å². The summed E-state index contributed by atoms with van der Waals surface area (Å²) in [6.07, 6.45) is 0. The molecule has 0 fully saturated rings. The zero-order valence-electron chi connectivity index (χ0n) is 23.5. The van der Waals surface area contributed by atoms with Gasteiger partial charge in [-0.15, -0.1) is 0 Å². The average molecular weight is 541 g/mol. The van der Waals surface area contributed by atoms with Crippen molar-refractivity contribution in [1.82, 2.24) is 0 Å². The van der Waals surface area contributed by atoms with Crippen LogP contribution in [0.25, 0.3) is 0 Å². The first-order valence-electron chi connectivity index (χ1n) is 14.0. The van der Waals surface area contributed by atoms with Gasteiger partial charge in [-0.05, 0) is 56.2 Å². The first-order chi connectivity index (χ1) is 20.0. The summed E-state index contributed by atoms with van der Waals surface area (Å²) >= 11 is 0. The fourth-order valence-electron chi connectivity index (χ4n) is 6.07. The van der Waals surface area contributed by atoms with Crippen LogP contribution in [0.3, 0.4) is 0 Å². The van der Waals surface area contributed by atoms with E-state index >= 15 is 0 Å². The maximum Gasteiger partial charge on any atom is 0.336 e. The molecular weight excluding hydrogens is 508 g/mol. The van der Waals surface area contributed by atoms with Gasteiger partial charge in [0.15, 0.2) is 0 Å². The van der Waals surface area contributed by atoms with E-state index < -0.39 is 17.9 Å². The molecule has 0 radical (unpaired) electrons. The summed E-state index contributed by atoms with van der Waals surface area (Å²) in [5, 5.41) is 0. The molecule has 0 spiro atoms. The number of benzene rings is 4. The SMILES string of the molecule is CCOC(=O)C1=C(C)N(c2ccc(C)cc2)C2=C(C(=O)N(c3ccccc3)C2c2ccccc2)C1c1ccccc1. The second kappa shape index (κ2) is 10.9. The summed E-state index contributed by atoms with van der Waals surface area (Å²) in [6.45, 7) is 6.06. The monoisotopic (exact) mass is 540 g/mol. The van der Waals surface area contributed by atoms with Crippen LogP contribution >= 0.6 is 0 Å². The van der Waals surface area contributed by atoms with Gasteiger partial charge >= 0.3 is 5.97 Å². The lowest BCUT2D eigenvalue weighted by atomic mass is 9.79. The Hall–Kier alpha value is -4.90. The molecule has 2 atom stereocenters. The van der Waals surface area contributed by atoms with Gasteiger partial charge in [0.05, 0.1) is 29.4 Å². The van der Waals surface area contributed by atoms with Crippen molar-refractivity contribution in [2.24, 2.45) is 0 Å². The third kappa shape index (κ3) is 4.53. The van der Waals surface area contributed by atoms with E-state index in [0.29, 0.717) is 11.1 Å². The molecule has 4 aromatic carbocycles. The van der Waals surface area contributed by atoms with Crippen LogP contribution in [-0.4, -0.2) is 18.5 Å². The standard InChI is InChI=1S/C36H32N2O3/c1-4-41-36(40)30-25(3)37(29-22-20-24(2)21-23-29)34-32(31(30)26-14-8-5-9-15-26)35(39)38(28-18-12-7-13-19-28)33(34)27-16-10-6-11-17-27/h5-23,31,33H,4H2,1-3H3. The van der Waals surface area contributed by atoms with Crippen LogP contribution in [0, 0.1) is 6.92 Å². The van der Waals surface area contributed by atoms with Gasteiger partial charge in [-0.3, -0.25) is 9.69 Å². The number of para-hydroxylation sites is 1. The number of ether oxygens (including phenoxy) is 1. The van der Waals surface area contributed by atoms with Crippen molar-refractivity contribution in [2.75, 3.05) is 16.4 Å². The van der Waals surface area contributed by atoms with E-state index in [-0.39, 0.29) is 12.5 Å². The lowest BCUT2D eigenvalue weighted by molar-refractivity contribution is -0.138. The second-order valence-corrected chi connectivity index (χ2v) is 10.4. The zero-order valence-corrected chi connectivity index (χ0v) is 23.5. The number of carbonyl (C=O) groups is 2. The summed E-state index contributed by atoms with van der Waals surface area (Å²) in [5.41, 5.74) is 7.35. The number of amides is 1. The molecule has 1 amide bonds. The van der Waals surface area contributed by atoms with Gasteiger partial charge in [0.2, 0.25) is 0 Å². The normalized spacial score (nSPS) is 18.6. The predicted octanol–water partition coefficient (Wildman–Crippen LogP) is 7.48. The minimum atomic E-state index is -0.584. The van der Waals surface area contributed by atoms with E-state index in [1.165, 1.54) is 0 Å². The number of allylic oxidation sites excluding steroid dienone is 1. The highest BCUT2D eigenvalue weighted by molar-refractivity contribution is 6.15. The van der Waals surface area contributed by atoms with Crippen molar-refractivity contribution in [3.05, 3.63) is 154 Å². The molecule has 41 heavy (non-hydrogen) atoms. The van der Waals surface area contributed by atoms with Gasteiger partial charge in [-0.1, -0.05) is 96.6 Å². The van der Waals surface area contributed by atoms with Crippen LogP contribution < -0.4 is 9.80 Å². The molecular formula is C36H32N2O3. The Kier molecular flexibility index (Phi) is 7.02. The fourth-order valence-corrected chi connectivity index (χ4v) is 6.07. The molecule has 0 saturated carbocycles. The van der Waals surface area contributed by atoms with Gasteiger partial charge in [-0.2, -0.15) is 0 Å². The summed E-state index contributed by atoms with van der Waals surface area (Å²) in [4.78, 5) is 32.6. The second-order valence-electron chi connectivity index (χ2n) is 10.4. The highest BCUT2D eigenvalue weighted by Gasteiger charge is 2.51. The van der Waals surface area contributed by atoms with Gasteiger partial charge in [0.25, 0.3) is 5.91 Å². The molecule has 2 unspecified atom stereocenters. The van der Waals surface area contributed by atoms with Crippen molar-refractivity contribution >= 4 is 23.3 Å². The van der Waals surface area contributed by atoms with Crippen molar-refractivity contribution in [2.45, 2.75) is 32.7 Å². The Morgan fingerprint density at radius 1 is 0.732 bits per heavy atom. The van der Waals surface area contributed by atoms with E-state index in [4.69, 9.17) is 4.74 Å². The minimum absolute atomic E-state index is 0.125. The number of rotatable bonds is 6. The largest absolute Gasteiger partial charge is 0.463 e. The van der Waals surface area contributed by atoms with Gasteiger partial charge in [0.1, 0.15) is 6.04 Å². The Morgan fingerprint density at radius 2 is 1.29 bits per heavy atom. The first kappa shape index (κ1) is 26.3. The lowest BCUT2D eigenvalue weighted by Crippen LogP contribution is -2.35. The average Bonchev–Trinajstić information content (AvgIpc) is 3.30. The zero-order chi connectivity index (χ0) is 28.5. The number of hydrogen-bond donors (Lipinski definition) is 0. The lowest BCUT2D eigenvalue weighted by Gasteiger charge is -2.39. The molecule has 5 nitrogen and oxygen atoms in total. The minimum Gasteiger partial charge on any atom is -0.463 e. The quantitative estimate of drug-likeness (QED) is 0.238. The number of anilines is 2. The van der Waals surface area contributed by atoms with Crippen LogP contribution in [0.5, 0.6) is 0 Å². The smallest absolute Gasteiger partial charge is 0.336 e. The third-order valence-electron chi connectivity index (χ3n) is 7.86. The van der Waals surface area contributed by atoms with E-state index in [9.17, 15) is 9.59 Å². The van der Waals surface area contributed by atoms with Crippen molar-refractivity contribution < 1.29 is 14.3 Å². The van der Waals surface area contributed by atoms with Gasteiger partial charge in [0, 0.05) is 17.1 Å². The maximum absolute atomic E-state index is 14.8. The number of aryl methyl sites for hydroxylation is 1. The third-order valence-corrected chi connectivity index (χ3v) is 7.86. The van der Waals surface area contributed by atoms with Crippen molar-refractivity contribution in [1.29, 1.82) is 0 Å². The Labute approximate surface area is 241 Å². The Morgan fingerprint density at radius 3 is 1.88 bits per heavy atom. The molecule has 0 saturated heterocycles. The molecule has 2 aliphatic heterocycles. The molecule has 6 rings (SSSR count). The number of nitrogens with zero attached hydrogens (tertiary/aromatic N) is 2. The van der Waals surface area contributed by atoms with E-state index in [0.717, 1.165) is 39.5 Å². The molecule has 204 valence electrons. The summed E-state index contributed by atoms with van der Waals surface area (Å²) in [6, 6.07) is 37.5. The Balaban J connectivity index is 1.69. The summed E-state index contributed by atoms with van der Waals surface area (Å²) < 4.78 is 5.64. The summed E-state index contributed by atoms with van der Waals surface area (Å²) in [5.74, 6) is -1.12. The Bertz CT molecular complexity index is 1640. The highest BCUT2D eigenvalue weighted by Crippen LogP contribution is 2.54. The molecule has 5 heteroatoms. The van der Waals surface area contributed by atoms with Crippen LogP contribution in [0.1, 0.15) is 42.5 Å². The van der Waals surface area contributed by atoms with Crippen LogP contribution in [-0.2, 0) is 14.3 Å². The first-order valence-corrected chi connectivity index (χ1v) is 14.0. The van der Waals surface area contributed by atoms with Crippen molar-refractivity contribution in [3.63, 3.8) is 0 Å². The molecule has 0 N–H and O–H groups in total. The van der Waals surface area contributed by atoms with E-state index in [1.807, 2.05) is 110 Å². The predicted molar refractivity (Wildman–Crippen MR) is 162 cm³/mol. The molecule has 0 aromatic heterocycles. The molecule has 4 aromatic rings. The highest BCUT2D eigenvalue weighted by atomic mass is 16.5. The molecule has 0 aliphatic carbocycles. The molecule has 2 aliphatic rings. The van der Waals surface area contributed by atoms with Gasteiger partial charge < -0.3 is 9.64 Å². The fraction of sp³-hybridized carbons (Fsp3) is 0.167. The number of esters is 1. The van der Waals surface area contributed by atoms with E-state index in [2.05, 4.69) is 29.2 Å². The van der Waals surface area contributed by atoms with Crippen LogP contribution in [0.2, 0.25) is 0 Å². The number of hydrogen-bond acceptors (Lipinski definition) is 4. The molecule has 0 bridgehead atoms. The number of carbonyl (C=O) groups excluding carboxylic acids is 2. The summed E-state index contributed by atoms with van der Waals surface area (Å²) in [7, 11) is 0. The maximum atomic E-state index is 14.8. The van der Waals surface area contributed by atoms with Crippen LogP contribution in [0.4, 0.5) is 11.4 Å². The van der Waals surface area contributed by atoms with Crippen LogP contribution in [0.15, 0.2) is 138 Å². The van der Waals surface area contributed by atoms with E-state index in [1.54, 1.807) is 6.92 Å².